The van der Waals surface area contributed by atoms with Gasteiger partial charge in [-0.3, -0.25) is 9.80 Å². The number of aryl methyl sites for hydroxylation is 1. The number of nitrogens with two attached hydrogens (primary N) is 1. The Hall–Kier alpha value is -0.430. The average molecular weight is 344 g/mol. The molecule has 1 aliphatic rings. The molecule has 0 radical (unpaired) electrons. The van der Waals surface area contributed by atoms with Crippen molar-refractivity contribution in [1.82, 2.24) is 19.4 Å². The summed E-state index contributed by atoms with van der Waals surface area (Å²) in [5.74, 6) is 0. The van der Waals surface area contributed by atoms with E-state index in [0.717, 1.165) is 30.8 Å². The summed E-state index contributed by atoms with van der Waals surface area (Å²) >= 11 is 3.54. The summed E-state index contributed by atoms with van der Waals surface area (Å²) < 4.78 is 2.98. The molecule has 0 amide bonds. The van der Waals surface area contributed by atoms with Crippen molar-refractivity contribution in [2.24, 2.45) is 12.8 Å². The summed E-state index contributed by atoms with van der Waals surface area (Å²) in [7, 11) is 2.03. The molecule has 20 heavy (non-hydrogen) atoms. The van der Waals surface area contributed by atoms with Crippen LogP contribution in [0.2, 0.25) is 0 Å². The number of aromatic nitrogens is 2. The van der Waals surface area contributed by atoms with Gasteiger partial charge in [-0.05, 0) is 36.7 Å². The van der Waals surface area contributed by atoms with Gasteiger partial charge in [0.25, 0.3) is 0 Å². The topological polar surface area (TPSA) is 50.3 Å². The van der Waals surface area contributed by atoms with Crippen molar-refractivity contribution in [3.8, 4) is 0 Å². The largest absolute Gasteiger partial charge is 0.335 e. The third kappa shape index (κ3) is 3.24. The van der Waals surface area contributed by atoms with Gasteiger partial charge in [-0.2, -0.15) is 0 Å². The molecular formula is C14H26BrN5. The SMILES string of the molecule is Cn1cnc(Br)c1C(CN)N1CCN(C(C)(C)C)CC1. The van der Waals surface area contributed by atoms with Gasteiger partial charge in [-0.1, -0.05) is 0 Å². The first-order valence-corrected chi connectivity index (χ1v) is 7.99. The summed E-state index contributed by atoms with van der Waals surface area (Å²) in [4.78, 5) is 9.33. The highest BCUT2D eigenvalue weighted by atomic mass is 79.9. The maximum atomic E-state index is 6.04. The zero-order valence-electron chi connectivity index (χ0n) is 12.9. The molecule has 6 heteroatoms. The summed E-state index contributed by atoms with van der Waals surface area (Å²) in [6, 6.07) is 0.235. The number of halogens is 1. The van der Waals surface area contributed by atoms with Gasteiger partial charge in [-0.25, -0.2) is 4.98 Å². The highest BCUT2D eigenvalue weighted by molar-refractivity contribution is 9.10. The van der Waals surface area contributed by atoms with Crippen LogP contribution in [0.1, 0.15) is 32.5 Å². The van der Waals surface area contributed by atoms with E-state index in [1.54, 1.807) is 0 Å². The van der Waals surface area contributed by atoms with Gasteiger partial charge in [0.2, 0.25) is 0 Å². The predicted molar refractivity (Wildman–Crippen MR) is 85.6 cm³/mol. The molecule has 0 spiro atoms. The average Bonchev–Trinajstić information content (AvgIpc) is 2.71. The minimum atomic E-state index is 0.235. The maximum Gasteiger partial charge on any atom is 0.128 e. The molecule has 1 aromatic rings. The predicted octanol–water partition coefficient (Wildman–Crippen LogP) is 1.60. The number of piperazine rings is 1. The molecule has 2 rings (SSSR count). The molecule has 1 unspecified atom stereocenters. The molecule has 1 saturated heterocycles. The minimum absolute atomic E-state index is 0.235. The smallest absolute Gasteiger partial charge is 0.128 e. The van der Waals surface area contributed by atoms with Crippen LogP contribution in [-0.2, 0) is 7.05 Å². The normalized spacial score (nSPS) is 20.3. The van der Waals surface area contributed by atoms with Gasteiger partial charge in [0.15, 0.2) is 0 Å². The lowest BCUT2D eigenvalue weighted by molar-refractivity contribution is 0.0418. The van der Waals surface area contributed by atoms with Crippen LogP contribution in [0.3, 0.4) is 0 Å². The fraction of sp³-hybridized carbons (Fsp3) is 0.786. The summed E-state index contributed by atoms with van der Waals surface area (Å²) in [6.45, 7) is 11.7. The third-order valence-electron chi connectivity index (χ3n) is 4.18. The highest BCUT2D eigenvalue weighted by Gasteiger charge is 2.31. The van der Waals surface area contributed by atoms with E-state index in [2.05, 4.69) is 56.1 Å². The third-order valence-corrected chi connectivity index (χ3v) is 4.79. The quantitative estimate of drug-likeness (QED) is 0.905. The second-order valence-electron chi connectivity index (χ2n) is 6.48. The fourth-order valence-electron chi connectivity index (χ4n) is 2.92. The van der Waals surface area contributed by atoms with E-state index >= 15 is 0 Å². The maximum absolute atomic E-state index is 6.04. The summed E-state index contributed by atoms with van der Waals surface area (Å²) in [6.07, 6.45) is 1.84. The van der Waals surface area contributed by atoms with E-state index < -0.39 is 0 Å². The zero-order chi connectivity index (χ0) is 14.9. The fourth-order valence-corrected chi connectivity index (χ4v) is 3.56. The van der Waals surface area contributed by atoms with Crippen LogP contribution in [0.4, 0.5) is 0 Å². The van der Waals surface area contributed by atoms with Crippen molar-refractivity contribution in [2.75, 3.05) is 32.7 Å². The van der Waals surface area contributed by atoms with E-state index in [4.69, 9.17) is 5.73 Å². The van der Waals surface area contributed by atoms with Gasteiger partial charge in [0.05, 0.1) is 18.1 Å². The van der Waals surface area contributed by atoms with Crippen molar-refractivity contribution in [1.29, 1.82) is 0 Å². The van der Waals surface area contributed by atoms with Crippen molar-refractivity contribution in [3.05, 3.63) is 16.6 Å². The van der Waals surface area contributed by atoms with Gasteiger partial charge in [-0.15, -0.1) is 0 Å². The Morgan fingerprint density at radius 3 is 2.30 bits per heavy atom. The molecule has 2 heterocycles. The Kier molecular flexibility index (Phi) is 4.89. The van der Waals surface area contributed by atoms with Crippen molar-refractivity contribution >= 4 is 15.9 Å². The lowest BCUT2D eigenvalue weighted by Crippen LogP contribution is -2.54. The lowest BCUT2D eigenvalue weighted by atomic mass is 10.0. The van der Waals surface area contributed by atoms with E-state index in [0.29, 0.717) is 6.54 Å². The molecule has 2 N–H and O–H groups in total. The van der Waals surface area contributed by atoms with E-state index in [9.17, 15) is 0 Å². The second-order valence-corrected chi connectivity index (χ2v) is 7.23. The van der Waals surface area contributed by atoms with Crippen molar-refractivity contribution in [3.63, 3.8) is 0 Å². The molecule has 0 aliphatic carbocycles. The zero-order valence-corrected chi connectivity index (χ0v) is 14.5. The van der Waals surface area contributed by atoms with Crippen molar-refractivity contribution < 1.29 is 0 Å². The Balaban J connectivity index is 2.08. The monoisotopic (exact) mass is 343 g/mol. The van der Waals surface area contributed by atoms with Crippen LogP contribution < -0.4 is 5.73 Å². The second kappa shape index (κ2) is 6.13. The van der Waals surface area contributed by atoms with Gasteiger partial charge in [0, 0.05) is 45.3 Å². The van der Waals surface area contributed by atoms with E-state index in [1.165, 1.54) is 5.69 Å². The summed E-state index contributed by atoms with van der Waals surface area (Å²) in [5, 5.41) is 0. The molecule has 5 nitrogen and oxygen atoms in total. The van der Waals surface area contributed by atoms with Crippen LogP contribution in [0.15, 0.2) is 10.9 Å². The molecular weight excluding hydrogens is 318 g/mol. The number of imidazole rings is 1. The van der Waals surface area contributed by atoms with Crippen LogP contribution in [0.5, 0.6) is 0 Å². The molecule has 1 aromatic heterocycles. The lowest BCUT2D eigenvalue weighted by Gasteiger charge is -2.44. The minimum Gasteiger partial charge on any atom is -0.335 e. The number of rotatable bonds is 3. The van der Waals surface area contributed by atoms with Crippen molar-refractivity contribution in [2.45, 2.75) is 32.4 Å². The highest BCUT2D eigenvalue weighted by Crippen LogP contribution is 2.28. The standard InChI is InChI=1S/C14H26BrN5/c1-14(2,3)20-7-5-19(6-8-20)11(9-16)12-13(15)17-10-18(12)4/h10-11H,5-9,16H2,1-4H3. The number of hydrogen-bond acceptors (Lipinski definition) is 4. The van der Waals surface area contributed by atoms with E-state index in [1.807, 2.05) is 13.4 Å². The first kappa shape index (κ1) is 15.9. The number of hydrogen-bond donors (Lipinski definition) is 1. The van der Waals surface area contributed by atoms with E-state index in [-0.39, 0.29) is 11.6 Å². The van der Waals surface area contributed by atoms with Gasteiger partial charge < -0.3 is 10.3 Å². The van der Waals surface area contributed by atoms with Crippen LogP contribution in [-0.4, -0.2) is 57.6 Å². The van der Waals surface area contributed by atoms with Gasteiger partial charge in [0.1, 0.15) is 4.60 Å². The first-order chi connectivity index (χ1) is 9.34. The number of nitrogens with zero attached hydrogens (tertiary/aromatic N) is 4. The Labute approximate surface area is 130 Å². The van der Waals surface area contributed by atoms with Crippen LogP contribution >= 0.6 is 15.9 Å². The molecule has 1 fully saturated rings. The Morgan fingerprint density at radius 1 is 1.30 bits per heavy atom. The molecule has 0 aromatic carbocycles. The molecule has 1 aliphatic heterocycles. The molecule has 114 valence electrons. The Bertz CT molecular complexity index is 423. The Morgan fingerprint density at radius 2 is 1.90 bits per heavy atom. The summed E-state index contributed by atoms with van der Waals surface area (Å²) in [5.41, 5.74) is 7.46. The molecule has 0 saturated carbocycles. The first-order valence-electron chi connectivity index (χ1n) is 7.20. The molecule has 0 bridgehead atoms. The van der Waals surface area contributed by atoms with Gasteiger partial charge >= 0.3 is 0 Å². The van der Waals surface area contributed by atoms with Crippen LogP contribution in [0, 0.1) is 0 Å². The van der Waals surface area contributed by atoms with Crippen LogP contribution in [0.25, 0.3) is 0 Å². The molecule has 1 atom stereocenters.